The summed E-state index contributed by atoms with van der Waals surface area (Å²) in [5, 5.41) is 8.89. The molecular formula is C26H34N4O4. The summed E-state index contributed by atoms with van der Waals surface area (Å²) in [5.41, 5.74) is 6.61. The van der Waals surface area contributed by atoms with Gasteiger partial charge in [-0.1, -0.05) is 12.1 Å². The van der Waals surface area contributed by atoms with Crippen molar-refractivity contribution in [3.63, 3.8) is 0 Å². The molecule has 0 aromatic heterocycles. The molecule has 0 aliphatic carbocycles. The summed E-state index contributed by atoms with van der Waals surface area (Å²) in [4.78, 5) is 33.5. The molecule has 3 N–H and O–H groups in total. The van der Waals surface area contributed by atoms with Gasteiger partial charge in [0.05, 0.1) is 18.8 Å². The second-order valence-electron chi connectivity index (χ2n) is 9.33. The molecule has 0 bridgehead atoms. The molecule has 34 heavy (non-hydrogen) atoms. The van der Waals surface area contributed by atoms with E-state index in [0.29, 0.717) is 42.0 Å². The molecule has 0 radical (unpaired) electrons. The van der Waals surface area contributed by atoms with Crippen molar-refractivity contribution in [3.8, 4) is 5.75 Å². The number of carbonyl (C=O) groups is 2. The van der Waals surface area contributed by atoms with E-state index in [9.17, 15) is 9.59 Å². The minimum atomic E-state index is -0.558. The number of rotatable bonds is 9. The van der Waals surface area contributed by atoms with Crippen molar-refractivity contribution in [3.05, 3.63) is 65.2 Å². The van der Waals surface area contributed by atoms with Crippen molar-refractivity contribution in [2.24, 2.45) is 5.73 Å². The van der Waals surface area contributed by atoms with Crippen LogP contribution in [0.5, 0.6) is 5.75 Å². The van der Waals surface area contributed by atoms with Crippen LogP contribution in [0.4, 0.5) is 0 Å². The highest BCUT2D eigenvalue weighted by Crippen LogP contribution is 2.18. The predicted octanol–water partition coefficient (Wildman–Crippen LogP) is 3.85. The van der Waals surface area contributed by atoms with Crippen molar-refractivity contribution in [2.75, 3.05) is 26.2 Å². The van der Waals surface area contributed by atoms with Gasteiger partial charge in [-0.15, -0.1) is 0 Å². The van der Waals surface area contributed by atoms with E-state index in [-0.39, 0.29) is 17.6 Å². The molecule has 1 fully saturated rings. The number of carbonyl (C=O) groups excluding carboxylic acids is 2. The van der Waals surface area contributed by atoms with Gasteiger partial charge in [0.1, 0.15) is 11.6 Å². The Morgan fingerprint density at radius 1 is 1.03 bits per heavy atom. The van der Waals surface area contributed by atoms with Gasteiger partial charge in [-0.25, -0.2) is 5.06 Å². The SMILES string of the molecule is CC(C)(C)ON(CCCOc1cccc(C(=N)N)c1)C(=O)c1ccc(C(=O)N2CCCC2)cc1. The monoisotopic (exact) mass is 466 g/mol. The molecule has 0 saturated carbocycles. The highest BCUT2D eigenvalue weighted by atomic mass is 16.7. The van der Waals surface area contributed by atoms with Gasteiger partial charge in [0, 0.05) is 36.2 Å². The minimum absolute atomic E-state index is 0.00490. The summed E-state index contributed by atoms with van der Waals surface area (Å²) in [5.74, 6) is 0.327. The Bertz CT molecular complexity index is 1010. The van der Waals surface area contributed by atoms with Crippen LogP contribution in [0, 0.1) is 5.41 Å². The largest absolute Gasteiger partial charge is 0.494 e. The van der Waals surface area contributed by atoms with Crippen LogP contribution in [0.15, 0.2) is 48.5 Å². The number of hydrogen-bond acceptors (Lipinski definition) is 5. The van der Waals surface area contributed by atoms with Gasteiger partial charge in [0.15, 0.2) is 0 Å². The average Bonchev–Trinajstić information content (AvgIpc) is 3.34. The number of hydrogen-bond donors (Lipinski definition) is 2. The van der Waals surface area contributed by atoms with Gasteiger partial charge < -0.3 is 15.4 Å². The van der Waals surface area contributed by atoms with Crippen molar-refractivity contribution in [1.82, 2.24) is 9.96 Å². The highest BCUT2D eigenvalue weighted by Gasteiger charge is 2.24. The molecule has 2 aromatic rings. The van der Waals surface area contributed by atoms with Crippen molar-refractivity contribution >= 4 is 17.6 Å². The van der Waals surface area contributed by atoms with Crippen molar-refractivity contribution in [1.29, 1.82) is 5.41 Å². The third kappa shape index (κ3) is 7.05. The average molecular weight is 467 g/mol. The van der Waals surface area contributed by atoms with Gasteiger partial charge in [-0.3, -0.25) is 19.8 Å². The smallest absolute Gasteiger partial charge is 0.277 e. The first-order valence-electron chi connectivity index (χ1n) is 11.6. The van der Waals surface area contributed by atoms with Gasteiger partial charge in [0.2, 0.25) is 0 Å². The number of nitrogens with one attached hydrogen (secondary N) is 1. The summed E-state index contributed by atoms with van der Waals surface area (Å²) in [6, 6.07) is 13.8. The third-order valence-corrected chi connectivity index (χ3v) is 5.30. The van der Waals surface area contributed by atoms with Gasteiger partial charge in [-0.2, -0.15) is 0 Å². The summed E-state index contributed by atoms with van der Waals surface area (Å²) in [6.45, 7) is 7.92. The molecule has 2 aromatic carbocycles. The minimum Gasteiger partial charge on any atom is -0.494 e. The molecule has 3 rings (SSSR count). The number of likely N-dealkylation sites (tertiary alicyclic amines) is 1. The first kappa shape index (κ1) is 25.2. The Balaban J connectivity index is 1.61. The second-order valence-corrected chi connectivity index (χ2v) is 9.33. The summed E-state index contributed by atoms with van der Waals surface area (Å²) < 4.78 is 5.77. The first-order valence-corrected chi connectivity index (χ1v) is 11.6. The molecule has 0 atom stereocenters. The van der Waals surface area contributed by atoms with E-state index in [4.69, 9.17) is 20.7 Å². The Hall–Kier alpha value is -3.39. The Morgan fingerprint density at radius 3 is 2.29 bits per heavy atom. The lowest BCUT2D eigenvalue weighted by atomic mass is 10.1. The fourth-order valence-corrected chi connectivity index (χ4v) is 3.67. The fraction of sp³-hybridized carbons (Fsp3) is 0.423. The van der Waals surface area contributed by atoms with Crippen LogP contribution in [0.25, 0.3) is 0 Å². The topological polar surface area (TPSA) is 109 Å². The molecule has 8 nitrogen and oxygen atoms in total. The van der Waals surface area contributed by atoms with Crippen molar-refractivity contribution in [2.45, 2.75) is 45.6 Å². The predicted molar refractivity (Wildman–Crippen MR) is 131 cm³/mol. The Morgan fingerprint density at radius 2 is 1.68 bits per heavy atom. The molecule has 1 saturated heterocycles. The standard InChI is InChI=1S/C26H34N4O4/c1-26(2,3)34-30(16-7-17-33-22-9-6-8-21(18-22)23(27)28)25(32)20-12-10-19(11-13-20)24(31)29-14-4-5-15-29/h6,8-13,18H,4-5,7,14-17H2,1-3H3,(H3,27,28). The van der Waals surface area contributed by atoms with E-state index < -0.39 is 5.60 Å². The number of ether oxygens (including phenoxy) is 1. The van der Waals surface area contributed by atoms with Crippen LogP contribution in [-0.4, -0.2) is 59.5 Å². The zero-order chi connectivity index (χ0) is 24.7. The maximum absolute atomic E-state index is 13.2. The van der Waals surface area contributed by atoms with E-state index in [1.165, 1.54) is 5.06 Å². The highest BCUT2D eigenvalue weighted by molar-refractivity contribution is 5.97. The number of hydroxylamine groups is 2. The van der Waals surface area contributed by atoms with Crippen LogP contribution in [0.3, 0.4) is 0 Å². The zero-order valence-electron chi connectivity index (χ0n) is 20.2. The molecule has 1 aliphatic heterocycles. The lowest BCUT2D eigenvalue weighted by Crippen LogP contribution is -2.39. The van der Waals surface area contributed by atoms with Crippen LogP contribution in [-0.2, 0) is 4.84 Å². The number of benzene rings is 2. The lowest BCUT2D eigenvalue weighted by molar-refractivity contribution is -0.196. The summed E-state index contributed by atoms with van der Waals surface area (Å²) >= 11 is 0. The first-order chi connectivity index (χ1) is 16.1. The maximum atomic E-state index is 13.2. The van der Waals surface area contributed by atoms with Crippen molar-refractivity contribution < 1.29 is 19.2 Å². The van der Waals surface area contributed by atoms with E-state index in [2.05, 4.69) is 0 Å². The summed E-state index contributed by atoms with van der Waals surface area (Å²) in [6.07, 6.45) is 2.61. The molecular weight excluding hydrogens is 432 g/mol. The van der Waals surface area contributed by atoms with E-state index in [0.717, 1.165) is 25.9 Å². The Kier molecular flexibility index (Phi) is 8.28. The second kappa shape index (κ2) is 11.2. The number of amides is 2. The molecule has 0 spiro atoms. The van der Waals surface area contributed by atoms with E-state index in [1.807, 2.05) is 25.7 Å². The lowest BCUT2D eigenvalue weighted by Gasteiger charge is -2.30. The summed E-state index contributed by atoms with van der Waals surface area (Å²) in [7, 11) is 0. The van der Waals surface area contributed by atoms with Gasteiger partial charge in [-0.05, 0) is 70.0 Å². The van der Waals surface area contributed by atoms with Gasteiger partial charge in [0.25, 0.3) is 11.8 Å². The third-order valence-electron chi connectivity index (χ3n) is 5.30. The van der Waals surface area contributed by atoms with E-state index >= 15 is 0 Å². The number of nitrogens with two attached hydrogens (primary N) is 1. The van der Waals surface area contributed by atoms with E-state index in [1.54, 1.807) is 48.5 Å². The number of nitrogens with zero attached hydrogens (tertiary/aromatic N) is 2. The molecule has 1 aliphatic rings. The molecule has 0 unspecified atom stereocenters. The molecule has 2 amide bonds. The quantitative estimate of drug-likeness (QED) is 0.253. The molecule has 8 heteroatoms. The number of nitrogen functional groups attached to an aromatic ring is 1. The van der Waals surface area contributed by atoms with Crippen LogP contribution in [0.2, 0.25) is 0 Å². The van der Waals surface area contributed by atoms with Gasteiger partial charge >= 0.3 is 0 Å². The normalized spacial score (nSPS) is 13.6. The van der Waals surface area contributed by atoms with Crippen LogP contribution in [0.1, 0.15) is 66.3 Å². The maximum Gasteiger partial charge on any atom is 0.277 e. The van der Waals surface area contributed by atoms with Crippen LogP contribution >= 0.6 is 0 Å². The number of amidine groups is 1. The zero-order valence-corrected chi connectivity index (χ0v) is 20.2. The molecule has 1 heterocycles. The Labute approximate surface area is 201 Å². The molecule has 182 valence electrons. The fourth-order valence-electron chi connectivity index (χ4n) is 3.67. The van der Waals surface area contributed by atoms with Crippen LogP contribution < -0.4 is 10.5 Å².